The molecule has 4 rings (SSSR count). The van der Waals surface area contributed by atoms with E-state index in [4.69, 9.17) is 21.6 Å². The molecule has 0 saturated heterocycles. The minimum absolute atomic E-state index is 0.0796. The van der Waals surface area contributed by atoms with Crippen LogP contribution in [0.25, 0.3) is 22.6 Å². The van der Waals surface area contributed by atoms with Gasteiger partial charge >= 0.3 is 0 Å². The smallest absolute Gasteiger partial charge is 0.238 e. The monoisotopic (exact) mass is 495 g/mol. The molecule has 34 heavy (non-hydrogen) atoms. The number of thiazole rings is 1. The molecule has 4 aromatic rings. The van der Waals surface area contributed by atoms with Crippen molar-refractivity contribution in [2.24, 2.45) is 5.14 Å². The summed E-state index contributed by atoms with van der Waals surface area (Å²) in [6.07, 6.45) is 0.906. The molecule has 0 aliphatic rings. The molecule has 6 N–H and O–H groups in total. The predicted molar refractivity (Wildman–Crippen MR) is 137 cm³/mol. The average Bonchev–Trinajstić information content (AvgIpc) is 3.27. The van der Waals surface area contributed by atoms with Crippen LogP contribution in [-0.2, 0) is 10.0 Å². The lowest BCUT2D eigenvalue weighted by Crippen LogP contribution is -2.18. The summed E-state index contributed by atoms with van der Waals surface area (Å²) < 4.78 is 23.2. The Morgan fingerprint density at radius 1 is 0.941 bits per heavy atom. The Balaban J connectivity index is 1.72. The summed E-state index contributed by atoms with van der Waals surface area (Å²) in [5.74, 6) is 0.968. The Bertz CT molecular complexity index is 1410. The van der Waals surface area contributed by atoms with Crippen molar-refractivity contribution in [3.63, 3.8) is 0 Å². The van der Waals surface area contributed by atoms with Gasteiger partial charge < -0.3 is 16.4 Å². The number of hydrogen-bond donors (Lipinski definition) is 3. The number of primary sulfonamides is 1. The van der Waals surface area contributed by atoms with Gasteiger partial charge in [0.05, 0.1) is 4.90 Å². The lowest BCUT2D eigenvalue weighted by atomic mass is 10.0. The van der Waals surface area contributed by atoms with E-state index in [1.54, 1.807) is 12.1 Å². The highest BCUT2D eigenvalue weighted by atomic mass is 32.2. The summed E-state index contributed by atoms with van der Waals surface area (Å²) in [7, 11) is -3.74. The van der Waals surface area contributed by atoms with E-state index in [9.17, 15) is 8.42 Å². The van der Waals surface area contributed by atoms with Gasteiger partial charge in [-0.3, -0.25) is 0 Å². The minimum atomic E-state index is -3.74. The van der Waals surface area contributed by atoms with Crippen molar-refractivity contribution in [1.82, 2.24) is 15.0 Å². The van der Waals surface area contributed by atoms with Gasteiger partial charge in [0.25, 0.3) is 0 Å². The van der Waals surface area contributed by atoms with Crippen molar-refractivity contribution >= 4 is 43.8 Å². The molecule has 0 fully saturated rings. The Labute approximate surface area is 202 Å². The Morgan fingerprint density at radius 2 is 1.59 bits per heavy atom. The number of aryl methyl sites for hydroxylation is 1. The van der Waals surface area contributed by atoms with Gasteiger partial charge in [-0.2, -0.15) is 0 Å². The molecule has 2 heterocycles. The van der Waals surface area contributed by atoms with Gasteiger partial charge in [-0.05, 0) is 48.2 Å². The molecule has 0 spiro atoms. The molecule has 2 aromatic carbocycles. The number of hydrogen-bond acceptors (Lipinski definition) is 9. The molecule has 0 amide bonds. The quantitative estimate of drug-likeness (QED) is 0.348. The average molecular weight is 496 g/mol. The van der Waals surface area contributed by atoms with Crippen molar-refractivity contribution < 1.29 is 8.42 Å². The molecule has 0 bridgehead atoms. The SMILES string of the molecule is CCCN(c1nc(-c2nc(N)cc(N)n2)cs1)c1cc(-c2ccc(S(N)(=O)=O)cc2)ccc1C. The largest absolute Gasteiger partial charge is 0.384 e. The van der Waals surface area contributed by atoms with Crippen LogP contribution < -0.4 is 21.5 Å². The molecule has 0 aliphatic carbocycles. The number of anilines is 4. The standard InChI is InChI=1S/C23H25N7O2S2/c1-3-10-30(23-27-18(13-33-23)22-28-20(24)12-21(25)29-22)19-11-16(5-4-14(19)2)15-6-8-17(9-7-15)34(26,31)32/h4-9,11-13H,3,10H2,1-2H3,(H2,26,31,32)(H4,24,25,28,29). The zero-order valence-electron chi connectivity index (χ0n) is 18.8. The highest BCUT2D eigenvalue weighted by molar-refractivity contribution is 7.89. The molecular formula is C23H25N7O2S2. The van der Waals surface area contributed by atoms with E-state index in [2.05, 4.69) is 27.9 Å². The highest BCUT2D eigenvalue weighted by Gasteiger charge is 2.18. The van der Waals surface area contributed by atoms with Crippen molar-refractivity contribution in [3.8, 4) is 22.6 Å². The van der Waals surface area contributed by atoms with Crippen molar-refractivity contribution in [2.75, 3.05) is 22.9 Å². The van der Waals surface area contributed by atoms with Gasteiger partial charge in [-0.1, -0.05) is 31.2 Å². The Kier molecular flexibility index (Phi) is 6.51. The van der Waals surface area contributed by atoms with Gasteiger partial charge in [0.1, 0.15) is 17.3 Å². The molecule has 11 heteroatoms. The minimum Gasteiger partial charge on any atom is -0.384 e. The first-order valence-corrected chi connectivity index (χ1v) is 13.0. The summed E-state index contributed by atoms with van der Waals surface area (Å²) in [6.45, 7) is 4.90. The molecule has 0 radical (unpaired) electrons. The van der Waals surface area contributed by atoms with Crippen LogP contribution in [0.3, 0.4) is 0 Å². The third-order valence-corrected chi connectivity index (χ3v) is 6.97. The van der Waals surface area contributed by atoms with E-state index in [1.165, 1.54) is 29.5 Å². The maximum absolute atomic E-state index is 11.6. The van der Waals surface area contributed by atoms with Crippen molar-refractivity contribution in [1.29, 1.82) is 0 Å². The van der Waals surface area contributed by atoms with Crippen molar-refractivity contribution in [2.45, 2.75) is 25.2 Å². The van der Waals surface area contributed by atoms with Crippen LogP contribution in [0.15, 0.2) is 58.8 Å². The van der Waals surface area contributed by atoms with E-state index in [0.29, 0.717) is 23.2 Å². The van der Waals surface area contributed by atoms with Crippen LogP contribution in [0.5, 0.6) is 0 Å². The van der Waals surface area contributed by atoms with Crippen LogP contribution in [0.2, 0.25) is 0 Å². The van der Waals surface area contributed by atoms with Crippen LogP contribution in [0, 0.1) is 6.92 Å². The van der Waals surface area contributed by atoms with Crippen LogP contribution in [0.4, 0.5) is 22.5 Å². The number of benzene rings is 2. The van der Waals surface area contributed by atoms with E-state index >= 15 is 0 Å². The molecular weight excluding hydrogens is 470 g/mol. The summed E-state index contributed by atoms with van der Waals surface area (Å²) in [6, 6.07) is 14.2. The first-order chi connectivity index (χ1) is 16.2. The van der Waals surface area contributed by atoms with E-state index in [0.717, 1.165) is 40.5 Å². The summed E-state index contributed by atoms with van der Waals surface area (Å²) in [5.41, 5.74) is 16.2. The fourth-order valence-corrected chi connectivity index (χ4v) is 4.91. The van der Waals surface area contributed by atoms with Gasteiger partial charge in [-0.25, -0.2) is 28.5 Å². The first kappa shape index (κ1) is 23.6. The molecule has 176 valence electrons. The second-order valence-corrected chi connectivity index (χ2v) is 10.2. The Hall–Kier alpha value is -3.54. The number of sulfonamides is 1. The Morgan fingerprint density at radius 3 is 2.21 bits per heavy atom. The lowest BCUT2D eigenvalue weighted by Gasteiger charge is -2.24. The van der Waals surface area contributed by atoms with E-state index < -0.39 is 10.0 Å². The van der Waals surface area contributed by atoms with Crippen LogP contribution >= 0.6 is 11.3 Å². The highest BCUT2D eigenvalue weighted by Crippen LogP contribution is 2.36. The van der Waals surface area contributed by atoms with Gasteiger partial charge in [0.2, 0.25) is 10.0 Å². The van der Waals surface area contributed by atoms with Crippen molar-refractivity contribution in [3.05, 3.63) is 59.5 Å². The predicted octanol–water partition coefficient (Wildman–Crippen LogP) is 3.94. The third kappa shape index (κ3) is 5.01. The number of rotatable bonds is 7. The fraction of sp³-hybridized carbons (Fsp3) is 0.174. The topological polar surface area (TPSA) is 154 Å². The van der Waals surface area contributed by atoms with Gasteiger partial charge in [0.15, 0.2) is 11.0 Å². The van der Waals surface area contributed by atoms with Gasteiger partial charge in [-0.15, -0.1) is 11.3 Å². The molecule has 9 nitrogen and oxygen atoms in total. The maximum Gasteiger partial charge on any atom is 0.238 e. The summed E-state index contributed by atoms with van der Waals surface area (Å²) in [4.78, 5) is 15.5. The van der Waals surface area contributed by atoms with Crippen LogP contribution in [0.1, 0.15) is 18.9 Å². The number of aromatic nitrogens is 3. The van der Waals surface area contributed by atoms with Crippen LogP contribution in [-0.4, -0.2) is 29.9 Å². The van der Waals surface area contributed by atoms with Gasteiger partial charge in [0, 0.05) is 23.7 Å². The molecule has 0 unspecified atom stereocenters. The second-order valence-electron chi connectivity index (χ2n) is 7.78. The normalized spacial score (nSPS) is 11.5. The first-order valence-electron chi connectivity index (χ1n) is 10.5. The summed E-state index contributed by atoms with van der Waals surface area (Å²) >= 11 is 1.49. The molecule has 0 atom stereocenters. The fourth-order valence-electron chi connectivity index (χ4n) is 3.55. The second kappa shape index (κ2) is 9.37. The zero-order valence-corrected chi connectivity index (χ0v) is 20.4. The van der Waals surface area contributed by atoms with E-state index in [-0.39, 0.29) is 4.90 Å². The number of nitrogen functional groups attached to an aromatic ring is 2. The molecule has 0 saturated carbocycles. The maximum atomic E-state index is 11.6. The molecule has 2 aromatic heterocycles. The number of nitrogens with zero attached hydrogens (tertiary/aromatic N) is 4. The van der Waals surface area contributed by atoms with E-state index in [1.807, 2.05) is 24.4 Å². The lowest BCUT2D eigenvalue weighted by molar-refractivity contribution is 0.598. The summed E-state index contributed by atoms with van der Waals surface area (Å²) in [5, 5.41) is 7.91. The molecule has 0 aliphatic heterocycles. The third-order valence-electron chi connectivity index (χ3n) is 5.18. The number of nitrogens with two attached hydrogens (primary N) is 3. The zero-order chi connectivity index (χ0) is 24.5.